The summed E-state index contributed by atoms with van der Waals surface area (Å²) in [7, 11) is 0. The predicted molar refractivity (Wildman–Crippen MR) is 69.4 cm³/mol. The molecule has 0 amide bonds. The van der Waals surface area contributed by atoms with Crippen molar-refractivity contribution < 1.29 is 9.84 Å². The summed E-state index contributed by atoms with van der Waals surface area (Å²) in [5.41, 5.74) is 1.20. The highest BCUT2D eigenvalue weighted by Gasteiger charge is 2.02. The van der Waals surface area contributed by atoms with Crippen LogP contribution in [0.15, 0.2) is 30.5 Å². The molecule has 1 N–H and O–H groups in total. The van der Waals surface area contributed by atoms with Gasteiger partial charge in [-0.3, -0.25) is 0 Å². The van der Waals surface area contributed by atoms with Crippen molar-refractivity contribution in [3.63, 3.8) is 0 Å². The standard InChI is InChI=1S/C14H19NO2/c1-2-10-17-13-4-5-14-12(11-13)6-8-15(14)7-3-9-16/h4-6,8,11,16H,2-3,7,9-10H2,1H3. The maximum Gasteiger partial charge on any atom is 0.120 e. The highest BCUT2D eigenvalue weighted by atomic mass is 16.5. The molecule has 0 fully saturated rings. The molecule has 0 saturated heterocycles. The van der Waals surface area contributed by atoms with E-state index in [9.17, 15) is 0 Å². The Labute approximate surface area is 102 Å². The second-order valence-electron chi connectivity index (χ2n) is 4.16. The number of hydrogen-bond donors (Lipinski definition) is 1. The lowest BCUT2D eigenvalue weighted by Crippen LogP contribution is -1.98. The van der Waals surface area contributed by atoms with Crippen LogP contribution in [0.3, 0.4) is 0 Å². The molecular formula is C14H19NO2. The summed E-state index contributed by atoms with van der Waals surface area (Å²) < 4.78 is 7.77. The monoisotopic (exact) mass is 233 g/mol. The molecule has 3 heteroatoms. The molecular weight excluding hydrogens is 214 g/mol. The number of hydrogen-bond acceptors (Lipinski definition) is 2. The minimum Gasteiger partial charge on any atom is -0.494 e. The highest BCUT2D eigenvalue weighted by Crippen LogP contribution is 2.22. The van der Waals surface area contributed by atoms with Crippen molar-refractivity contribution in [2.45, 2.75) is 26.3 Å². The van der Waals surface area contributed by atoms with Gasteiger partial charge in [0.25, 0.3) is 0 Å². The highest BCUT2D eigenvalue weighted by molar-refractivity contribution is 5.81. The smallest absolute Gasteiger partial charge is 0.120 e. The SMILES string of the molecule is CCCOc1ccc2c(ccn2CCCO)c1. The van der Waals surface area contributed by atoms with Crippen LogP contribution in [0, 0.1) is 0 Å². The van der Waals surface area contributed by atoms with Gasteiger partial charge >= 0.3 is 0 Å². The molecule has 3 nitrogen and oxygen atoms in total. The predicted octanol–water partition coefficient (Wildman–Crippen LogP) is 2.81. The zero-order valence-electron chi connectivity index (χ0n) is 10.2. The van der Waals surface area contributed by atoms with Crippen molar-refractivity contribution >= 4 is 10.9 Å². The zero-order valence-corrected chi connectivity index (χ0v) is 10.2. The van der Waals surface area contributed by atoms with Crippen LogP contribution in [-0.2, 0) is 6.54 Å². The molecule has 0 saturated carbocycles. The molecule has 1 aromatic heterocycles. The van der Waals surface area contributed by atoms with Gasteiger partial charge in [-0.1, -0.05) is 6.92 Å². The molecule has 92 valence electrons. The quantitative estimate of drug-likeness (QED) is 0.832. The van der Waals surface area contributed by atoms with Crippen molar-refractivity contribution in [2.75, 3.05) is 13.2 Å². The van der Waals surface area contributed by atoms with Gasteiger partial charge in [-0.05, 0) is 37.1 Å². The minimum absolute atomic E-state index is 0.234. The minimum atomic E-state index is 0.234. The molecule has 0 bridgehead atoms. The lowest BCUT2D eigenvalue weighted by atomic mass is 10.2. The van der Waals surface area contributed by atoms with E-state index in [2.05, 4.69) is 35.9 Å². The fourth-order valence-corrected chi connectivity index (χ4v) is 1.92. The second kappa shape index (κ2) is 5.73. The Morgan fingerprint density at radius 1 is 1.29 bits per heavy atom. The number of aliphatic hydroxyl groups excluding tert-OH is 1. The van der Waals surface area contributed by atoms with Crippen molar-refractivity contribution in [1.29, 1.82) is 0 Å². The summed E-state index contributed by atoms with van der Waals surface area (Å²) in [6.45, 7) is 3.95. The topological polar surface area (TPSA) is 34.4 Å². The van der Waals surface area contributed by atoms with Crippen molar-refractivity contribution in [2.24, 2.45) is 0 Å². The molecule has 1 aromatic carbocycles. The maximum atomic E-state index is 8.85. The first kappa shape index (κ1) is 12.0. The Bertz CT molecular complexity index is 476. The van der Waals surface area contributed by atoms with Gasteiger partial charge in [0, 0.05) is 30.3 Å². The molecule has 0 atom stereocenters. The van der Waals surface area contributed by atoms with Gasteiger partial charge in [0.2, 0.25) is 0 Å². The van der Waals surface area contributed by atoms with Crippen LogP contribution < -0.4 is 4.74 Å². The van der Waals surface area contributed by atoms with Crippen LogP contribution in [0.25, 0.3) is 10.9 Å². The van der Waals surface area contributed by atoms with Crippen LogP contribution in [0.5, 0.6) is 5.75 Å². The fraction of sp³-hybridized carbons (Fsp3) is 0.429. The molecule has 0 aliphatic rings. The summed E-state index contributed by atoms with van der Waals surface area (Å²) in [4.78, 5) is 0. The maximum absolute atomic E-state index is 8.85. The van der Waals surface area contributed by atoms with Crippen molar-refractivity contribution in [1.82, 2.24) is 4.57 Å². The number of aliphatic hydroxyl groups is 1. The van der Waals surface area contributed by atoms with Crippen LogP contribution in [0.1, 0.15) is 19.8 Å². The Balaban J connectivity index is 2.19. The number of rotatable bonds is 6. The largest absolute Gasteiger partial charge is 0.494 e. The molecule has 2 aromatic rings. The molecule has 0 aliphatic carbocycles. The van der Waals surface area contributed by atoms with Crippen LogP contribution in [-0.4, -0.2) is 22.9 Å². The second-order valence-corrected chi connectivity index (χ2v) is 4.16. The molecule has 17 heavy (non-hydrogen) atoms. The van der Waals surface area contributed by atoms with E-state index in [-0.39, 0.29) is 6.61 Å². The van der Waals surface area contributed by atoms with Gasteiger partial charge in [-0.25, -0.2) is 0 Å². The van der Waals surface area contributed by atoms with E-state index in [4.69, 9.17) is 9.84 Å². The third-order valence-corrected chi connectivity index (χ3v) is 2.77. The fourth-order valence-electron chi connectivity index (χ4n) is 1.92. The van der Waals surface area contributed by atoms with E-state index >= 15 is 0 Å². The van der Waals surface area contributed by atoms with E-state index in [1.807, 2.05) is 6.07 Å². The van der Waals surface area contributed by atoms with Gasteiger partial charge in [-0.15, -0.1) is 0 Å². The molecule has 0 aliphatic heterocycles. The first-order valence-corrected chi connectivity index (χ1v) is 6.17. The summed E-state index contributed by atoms with van der Waals surface area (Å²) in [6, 6.07) is 8.25. The van der Waals surface area contributed by atoms with Crippen molar-refractivity contribution in [3.8, 4) is 5.75 Å². The van der Waals surface area contributed by atoms with Crippen LogP contribution >= 0.6 is 0 Å². The Hall–Kier alpha value is -1.48. The number of nitrogens with zero attached hydrogens (tertiary/aromatic N) is 1. The molecule has 0 unspecified atom stereocenters. The number of benzene rings is 1. The van der Waals surface area contributed by atoms with Crippen molar-refractivity contribution in [3.05, 3.63) is 30.5 Å². The first-order chi connectivity index (χ1) is 8.35. The molecule has 0 spiro atoms. The summed E-state index contributed by atoms with van der Waals surface area (Å²) in [5, 5.41) is 10.0. The molecule has 0 radical (unpaired) electrons. The van der Waals surface area contributed by atoms with E-state index in [1.165, 1.54) is 10.9 Å². The van der Waals surface area contributed by atoms with E-state index in [1.54, 1.807) is 0 Å². The van der Waals surface area contributed by atoms with Crippen LogP contribution in [0.2, 0.25) is 0 Å². The van der Waals surface area contributed by atoms with Gasteiger partial charge in [-0.2, -0.15) is 0 Å². The zero-order chi connectivity index (χ0) is 12.1. The number of aryl methyl sites for hydroxylation is 1. The third kappa shape index (κ3) is 2.80. The van der Waals surface area contributed by atoms with Gasteiger partial charge < -0.3 is 14.4 Å². The number of fused-ring (bicyclic) bond motifs is 1. The third-order valence-electron chi connectivity index (χ3n) is 2.77. The Morgan fingerprint density at radius 3 is 2.94 bits per heavy atom. The van der Waals surface area contributed by atoms with Gasteiger partial charge in [0.05, 0.1) is 6.61 Å². The normalized spacial score (nSPS) is 10.9. The van der Waals surface area contributed by atoms with Crippen LogP contribution in [0.4, 0.5) is 0 Å². The molecule has 2 rings (SSSR count). The Morgan fingerprint density at radius 2 is 2.18 bits per heavy atom. The van der Waals surface area contributed by atoms with E-state index in [0.29, 0.717) is 0 Å². The summed E-state index contributed by atoms with van der Waals surface area (Å²) in [6.07, 6.45) is 3.87. The summed E-state index contributed by atoms with van der Waals surface area (Å²) in [5.74, 6) is 0.930. The van der Waals surface area contributed by atoms with Gasteiger partial charge in [0.1, 0.15) is 5.75 Å². The average molecular weight is 233 g/mol. The van der Waals surface area contributed by atoms with Gasteiger partial charge in [0.15, 0.2) is 0 Å². The lowest BCUT2D eigenvalue weighted by Gasteiger charge is -2.06. The van der Waals surface area contributed by atoms with E-state index < -0.39 is 0 Å². The number of ether oxygens (including phenoxy) is 1. The number of aromatic nitrogens is 1. The molecule has 1 heterocycles. The van der Waals surface area contributed by atoms with E-state index in [0.717, 1.165) is 31.7 Å². The Kier molecular flexibility index (Phi) is 4.04. The average Bonchev–Trinajstić information content (AvgIpc) is 2.76. The summed E-state index contributed by atoms with van der Waals surface area (Å²) >= 11 is 0. The lowest BCUT2D eigenvalue weighted by molar-refractivity contribution is 0.280. The first-order valence-electron chi connectivity index (χ1n) is 6.17.